The Hall–Kier alpha value is -1.89. The predicted molar refractivity (Wildman–Crippen MR) is 138 cm³/mol. The topological polar surface area (TPSA) is 58.6 Å². The summed E-state index contributed by atoms with van der Waals surface area (Å²) in [4.78, 5) is 28.1. The van der Waals surface area contributed by atoms with Crippen LogP contribution in [-0.2, 0) is 21.9 Å². The highest BCUT2D eigenvalue weighted by Gasteiger charge is 2.30. The molecule has 0 fully saturated rings. The maximum atomic E-state index is 13.3. The highest BCUT2D eigenvalue weighted by Crippen LogP contribution is 2.25. The van der Waals surface area contributed by atoms with Crippen LogP contribution in [0.25, 0.3) is 0 Å². The summed E-state index contributed by atoms with van der Waals surface area (Å²) in [5.41, 5.74) is 1.42. The van der Waals surface area contributed by atoms with Gasteiger partial charge in [0.15, 0.2) is 0 Å². The van der Waals surface area contributed by atoms with Crippen LogP contribution < -0.4 is 10.1 Å². The lowest BCUT2D eigenvalue weighted by Gasteiger charge is -2.33. The Labute approximate surface area is 211 Å². The first-order chi connectivity index (χ1) is 15.5. The summed E-state index contributed by atoms with van der Waals surface area (Å²) in [7, 11) is 1.60. The van der Waals surface area contributed by atoms with E-state index >= 15 is 0 Å². The highest BCUT2D eigenvalue weighted by atomic mass is 35.5. The largest absolute Gasteiger partial charge is 0.497 e. The van der Waals surface area contributed by atoms with Crippen LogP contribution in [0.4, 0.5) is 0 Å². The van der Waals surface area contributed by atoms with E-state index < -0.39 is 11.6 Å². The molecule has 0 radical (unpaired) electrons. The van der Waals surface area contributed by atoms with E-state index in [9.17, 15) is 9.59 Å². The quantitative estimate of drug-likeness (QED) is 0.428. The van der Waals surface area contributed by atoms with Crippen LogP contribution in [0.15, 0.2) is 42.5 Å². The standard InChI is InChI=1S/C25H32Cl2N2O3S/c1-6-22(24(31)28-25(2,3)4)29(14-17-8-7-9-20(12-17)32-5)23(30)16-33-15-18-10-11-19(26)13-21(18)27/h7-13,22H,6,14-16H2,1-5H3,(H,28,31)/t22-/m0/s1. The Morgan fingerprint density at radius 1 is 1.15 bits per heavy atom. The number of nitrogens with one attached hydrogen (secondary N) is 1. The first kappa shape index (κ1) is 27.4. The molecule has 0 bridgehead atoms. The Morgan fingerprint density at radius 3 is 2.48 bits per heavy atom. The molecule has 0 aliphatic carbocycles. The van der Waals surface area contributed by atoms with E-state index in [1.807, 2.05) is 58.0 Å². The number of thioether (sulfide) groups is 1. The minimum Gasteiger partial charge on any atom is -0.497 e. The van der Waals surface area contributed by atoms with Crippen LogP contribution in [0.5, 0.6) is 5.75 Å². The molecule has 0 saturated carbocycles. The smallest absolute Gasteiger partial charge is 0.243 e. The second-order valence-electron chi connectivity index (χ2n) is 8.76. The van der Waals surface area contributed by atoms with Gasteiger partial charge in [-0.15, -0.1) is 11.8 Å². The van der Waals surface area contributed by atoms with Crippen molar-refractivity contribution in [3.63, 3.8) is 0 Å². The van der Waals surface area contributed by atoms with Crippen molar-refractivity contribution in [3.05, 3.63) is 63.6 Å². The van der Waals surface area contributed by atoms with Crippen LogP contribution in [-0.4, -0.2) is 41.2 Å². The Balaban J connectivity index is 2.20. The van der Waals surface area contributed by atoms with Gasteiger partial charge in [-0.25, -0.2) is 0 Å². The van der Waals surface area contributed by atoms with Crippen molar-refractivity contribution < 1.29 is 14.3 Å². The van der Waals surface area contributed by atoms with Crippen molar-refractivity contribution in [1.82, 2.24) is 10.2 Å². The van der Waals surface area contributed by atoms with Crippen LogP contribution in [0.2, 0.25) is 10.0 Å². The maximum absolute atomic E-state index is 13.3. The number of nitrogens with zero attached hydrogens (tertiary/aromatic N) is 1. The fourth-order valence-corrected chi connectivity index (χ4v) is 4.78. The Kier molecular flexibility index (Phi) is 10.4. The van der Waals surface area contributed by atoms with Crippen LogP contribution in [0.1, 0.15) is 45.2 Å². The van der Waals surface area contributed by atoms with E-state index in [0.717, 1.165) is 11.1 Å². The second-order valence-corrected chi connectivity index (χ2v) is 10.6. The molecule has 2 aromatic rings. The van der Waals surface area contributed by atoms with Gasteiger partial charge < -0.3 is 15.0 Å². The fourth-order valence-electron chi connectivity index (χ4n) is 3.31. The number of carbonyl (C=O) groups excluding carboxylic acids is 2. The van der Waals surface area contributed by atoms with Crippen molar-refractivity contribution in [2.75, 3.05) is 12.9 Å². The number of carbonyl (C=O) groups is 2. The Morgan fingerprint density at radius 2 is 1.88 bits per heavy atom. The van der Waals surface area contributed by atoms with E-state index in [-0.39, 0.29) is 17.6 Å². The zero-order valence-electron chi connectivity index (χ0n) is 19.8. The molecule has 33 heavy (non-hydrogen) atoms. The summed E-state index contributed by atoms with van der Waals surface area (Å²) in [6, 6.07) is 12.3. The van der Waals surface area contributed by atoms with E-state index in [1.165, 1.54) is 11.8 Å². The summed E-state index contributed by atoms with van der Waals surface area (Å²) >= 11 is 13.7. The molecule has 0 heterocycles. The fraction of sp³-hybridized carbons (Fsp3) is 0.440. The number of hydrogen-bond donors (Lipinski definition) is 1. The maximum Gasteiger partial charge on any atom is 0.243 e. The van der Waals surface area contributed by atoms with Gasteiger partial charge in [-0.1, -0.05) is 48.3 Å². The van der Waals surface area contributed by atoms with Gasteiger partial charge in [-0.2, -0.15) is 0 Å². The lowest BCUT2D eigenvalue weighted by Crippen LogP contribution is -2.53. The minimum absolute atomic E-state index is 0.108. The van der Waals surface area contributed by atoms with Gasteiger partial charge in [0.25, 0.3) is 0 Å². The molecule has 0 aromatic heterocycles. The average Bonchev–Trinajstić information content (AvgIpc) is 2.74. The molecule has 5 nitrogen and oxygen atoms in total. The minimum atomic E-state index is -0.581. The number of amides is 2. The number of hydrogen-bond acceptors (Lipinski definition) is 4. The van der Waals surface area contributed by atoms with Crippen LogP contribution in [0, 0.1) is 0 Å². The molecule has 0 saturated heterocycles. The van der Waals surface area contributed by atoms with E-state index in [0.29, 0.717) is 34.5 Å². The molecule has 0 aliphatic rings. The molecule has 1 atom stereocenters. The molecule has 0 spiro atoms. The lowest BCUT2D eigenvalue weighted by atomic mass is 10.1. The van der Waals surface area contributed by atoms with Gasteiger partial charge in [0.1, 0.15) is 11.8 Å². The van der Waals surface area contributed by atoms with E-state index in [2.05, 4.69) is 5.32 Å². The van der Waals surface area contributed by atoms with Crippen molar-refractivity contribution in [1.29, 1.82) is 0 Å². The van der Waals surface area contributed by atoms with Crippen LogP contribution in [0.3, 0.4) is 0 Å². The third-order valence-electron chi connectivity index (χ3n) is 4.87. The molecule has 2 aromatic carbocycles. The van der Waals surface area contributed by atoms with Crippen molar-refractivity contribution >= 4 is 46.8 Å². The Bertz CT molecular complexity index is 963. The molecule has 180 valence electrons. The number of benzene rings is 2. The van der Waals surface area contributed by atoms with Crippen molar-refractivity contribution in [2.24, 2.45) is 0 Å². The molecule has 1 N–H and O–H groups in total. The lowest BCUT2D eigenvalue weighted by molar-refractivity contribution is -0.140. The summed E-state index contributed by atoms with van der Waals surface area (Å²) < 4.78 is 5.32. The number of halogens is 2. The monoisotopic (exact) mass is 510 g/mol. The molecule has 0 aliphatic heterocycles. The first-order valence-electron chi connectivity index (χ1n) is 10.8. The van der Waals surface area contributed by atoms with Gasteiger partial charge in [0.05, 0.1) is 12.9 Å². The molecular weight excluding hydrogens is 479 g/mol. The van der Waals surface area contributed by atoms with Crippen molar-refractivity contribution in [2.45, 2.75) is 58.0 Å². The summed E-state index contributed by atoms with van der Waals surface area (Å²) in [6.07, 6.45) is 0.505. The SMILES string of the molecule is CC[C@@H](C(=O)NC(C)(C)C)N(Cc1cccc(OC)c1)C(=O)CSCc1ccc(Cl)cc1Cl. The number of methoxy groups -OCH3 is 1. The van der Waals surface area contributed by atoms with Gasteiger partial charge in [-0.05, 0) is 62.6 Å². The third kappa shape index (κ3) is 8.76. The molecule has 8 heteroatoms. The molecule has 2 amide bonds. The number of rotatable bonds is 10. The number of ether oxygens (including phenoxy) is 1. The van der Waals surface area contributed by atoms with Gasteiger partial charge in [0.2, 0.25) is 11.8 Å². The van der Waals surface area contributed by atoms with Gasteiger partial charge in [-0.3, -0.25) is 9.59 Å². The van der Waals surface area contributed by atoms with E-state index in [1.54, 1.807) is 24.1 Å². The predicted octanol–water partition coefficient (Wildman–Crippen LogP) is 5.96. The summed E-state index contributed by atoms with van der Waals surface area (Å²) in [5, 5.41) is 4.16. The zero-order valence-corrected chi connectivity index (χ0v) is 22.1. The second kappa shape index (κ2) is 12.5. The third-order valence-corrected chi connectivity index (χ3v) is 6.42. The average molecular weight is 512 g/mol. The summed E-state index contributed by atoms with van der Waals surface area (Å²) in [5.74, 6) is 1.23. The summed E-state index contributed by atoms with van der Waals surface area (Å²) in [6.45, 7) is 8.01. The van der Waals surface area contributed by atoms with Crippen LogP contribution >= 0.6 is 35.0 Å². The van der Waals surface area contributed by atoms with E-state index in [4.69, 9.17) is 27.9 Å². The molecular formula is C25H32Cl2N2O3S. The first-order valence-corrected chi connectivity index (χ1v) is 12.7. The van der Waals surface area contributed by atoms with Gasteiger partial charge in [0, 0.05) is 27.9 Å². The molecule has 2 rings (SSSR count). The normalized spacial score (nSPS) is 12.2. The zero-order chi connectivity index (χ0) is 24.6. The highest BCUT2D eigenvalue weighted by molar-refractivity contribution is 7.99. The molecule has 0 unspecified atom stereocenters. The van der Waals surface area contributed by atoms with Gasteiger partial charge >= 0.3 is 0 Å². The van der Waals surface area contributed by atoms with Crippen molar-refractivity contribution in [3.8, 4) is 5.75 Å².